The number of methoxy groups -OCH3 is 2. The van der Waals surface area contributed by atoms with E-state index in [2.05, 4.69) is 30.6 Å². The van der Waals surface area contributed by atoms with Crippen molar-refractivity contribution in [2.45, 2.75) is 18.7 Å². The summed E-state index contributed by atoms with van der Waals surface area (Å²) in [5.74, 6) is 0.633. The van der Waals surface area contributed by atoms with Gasteiger partial charge in [-0.1, -0.05) is 6.92 Å². The SMILES string of the molecule is CCNS(=O)(=O)c1cc(N=Nc2c(NCCOC)nc(NCCOC)c(N)c2C)c([N+](=O)[O-])cc1C=O. The highest BCUT2D eigenvalue weighted by Crippen LogP contribution is 2.38. The zero-order valence-electron chi connectivity index (χ0n) is 20.9. The fourth-order valence-corrected chi connectivity index (χ4v) is 4.35. The minimum atomic E-state index is -4.14. The molecule has 37 heavy (non-hydrogen) atoms. The number of anilines is 3. The molecule has 0 unspecified atom stereocenters. The van der Waals surface area contributed by atoms with Crippen molar-refractivity contribution in [2.75, 3.05) is 63.4 Å². The third-order valence-electron chi connectivity index (χ3n) is 4.97. The standard InChI is InChI=1S/C21H30N8O7S/c1-5-25-37(33,34)17-11-15(16(29(31)32)10-14(17)12-30)27-28-19-13(2)18(22)20(23-6-8-35-3)26-21(19)24-7-9-36-4/h10-12,25H,5-9,22H2,1-4H3,(H2,23,24,26). The number of aromatic nitrogens is 1. The average Bonchev–Trinajstić information content (AvgIpc) is 2.86. The number of azo groups is 1. The lowest BCUT2D eigenvalue weighted by molar-refractivity contribution is -0.384. The van der Waals surface area contributed by atoms with Crippen molar-refractivity contribution < 1.29 is 27.6 Å². The summed E-state index contributed by atoms with van der Waals surface area (Å²) < 4.78 is 37.5. The van der Waals surface area contributed by atoms with Gasteiger partial charge in [-0.3, -0.25) is 14.9 Å². The zero-order valence-corrected chi connectivity index (χ0v) is 21.7. The molecule has 16 heteroatoms. The number of nitrogens with zero attached hydrogens (tertiary/aromatic N) is 4. The first-order valence-electron chi connectivity index (χ1n) is 11.1. The summed E-state index contributed by atoms with van der Waals surface area (Å²) in [6.45, 7) is 4.80. The Morgan fingerprint density at radius 3 is 2.30 bits per heavy atom. The highest BCUT2D eigenvalue weighted by atomic mass is 32.2. The summed E-state index contributed by atoms with van der Waals surface area (Å²) in [7, 11) is -1.05. The van der Waals surface area contributed by atoms with E-state index in [1.165, 1.54) is 7.11 Å². The Morgan fingerprint density at radius 1 is 1.14 bits per heavy atom. The van der Waals surface area contributed by atoms with Crippen molar-refractivity contribution in [1.29, 1.82) is 0 Å². The molecule has 0 saturated heterocycles. The number of rotatable bonds is 15. The molecule has 0 aliphatic heterocycles. The third-order valence-corrected chi connectivity index (χ3v) is 6.57. The number of carbonyl (C=O) groups is 1. The van der Waals surface area contributed by atoms with Crippen LogP contribution in [0.5, 0.6) is 0 Å². The fraction of sp³-hybridized carbons (Fsp3) is 0.429. The molecule has 0 fully saturated rings. The van der Waals surface area contributed by atoms with Gasteiger partial charge in [0, 0.05) is 51.0 Å². The fourth-order valence-electron chi connectivity index (χ4n) is 3.13. The molecule has 0 spiro atoms. The number of nitrogen functional groups attached to an aromatic ring is 1. The van der Waals surface area contributed by atoms with Crippen LogP contribution in [-0.2, 0) is 19.5 Å². The number of nitrogens with two attached hydrogens (primary N) is 1. The van der Waals surface area contributed by atoms with E-state index >= 15 is 0 Å². The van der Waals surface area contributed by atoms with Crippen LogP contribution in [0.15, 0.2) is 27.3 Å². The van der Waals surface area contributed by atoms with Gasteiger partial charge < -0.3 is 25.8 Å². The lowest BCUT2D eigenvalue weighted by Crippen LogP contribution is -2.24. The molecule has 2 rings (SSSR count). The molecule has 15 nitrogen and oxygen atoms in total. The first-order valence-corrected chi connectivity index (χ1v) is 12.5. The minimum absolute atomic E-state index is 0.0415. The Balaban J connectivity index is 2.67. The molecule has 0 radical (unpaired) electrons. The van der Waals surface area contributed by atoms with Gasteiger partial charge in [-0.15, -0.1) is 10.2 Å². The van der Waals surface area contributed by atoms with Gasteiger partial charge in [0.15, 0.2) is 23.6 Å². The zero-order chi connectivity index (χ0) is 27.6. The van der Waals surface area contributed by atoms with Gasteiger partial charge in [0.05, 0.1) is 28.7 Å². The van der Waals surface area contributed by atoms with Crippen LogP contribution in [0.4, 0.5) is 34.4 Å². The number of aldehydes is 1. The first-order chi connectivity index (χ1) is 17.6. The number of nitro benzene ring substituents is 1. The second-order valence-corrected chi connectivity index (χ2v) is 9.23. The predicted molar refractivity (Wildman–Crippen MR) is 138 cm³/mol. The maximum atomic E-state index is 12.6. The second kappa shape index (κ2) is 13.5. The van der Waals surface area contributed by atoms with Crippen LogP contribution in [0.2, 0.25) is 0 Å². The molecule has 0 atom stereocenters. The van der Waals surface area contributed by atoms with Crippen molar-refractivity contribution in [3.05, 3.63) is 33.4 Å². The number of sulfonamides is 1. The molecule has 2 aromatic rings. The van der Waals surface area contributed by atoms with E-state index in [0.717, 1.165) is 12.1 Å². The number of hydrogen-bond donors (Lipinski definition) is 4. The Kier molecular flexibility index (Phi) is 10.8. The van der Waals surface area contributed by atoms with E-state index in [0.29, 0.717) is 37.7 Å². The van der Waals surface area contributed by atoms with E-state index in [-0.39, 0.29) is 41.3 Å². The van der Waals surface area contributed by atoms with E-state index in [1.54, 1.807) is 21.0 Å². The summed E-state index contributed by atoms with van der Waals surface area (Å²) in [5, 5.41) is 25.9. The summed E-state index contributed by atoms with van der Waals surface area (Å²) in [6.07, 6.45) is 0.222. The molecule has 0 amide bonds. The molecule has 1 aromatic heterocycles. The molecule has 1 aromatic carbocycles. The maximum Gasteiger partial charge on any atom is 0.297 e. The lowest BCUT2D eigenvalue weighted by Gasteiger charge is -2.16. The monoisotopic (exact) mass is 538 g/mol. The minimum Gasteiger partial charge on any atom is -0.395 e. The molecule has 0 aliphatic rings. The largest absolute Gasteiger partial charge is 0.395 e. The summed E-state index contributed by atoms with van der Waals surface area (Å²) in [5.41, 5.74) is 5.77. The van der Waals surface area contributed by atoms with Crippen molar-refractivity contribution in [1.82, 2.24) is 9.71 Å². The molecular formula is C21H30N8O7S. The van der Waals surface area contributed by atoms with Crippen LogP contribution < -0.4 is 21.1 Å². The highest BCUT2D eigenvalue weighted by molar-refractivity contribution is 7.89. The van der Waals surface area contributed by atoms with Gasteiger partial charge in [-0.05, 0) is 13.0 Å². The van der Waals surface area contributed by atoms with Gasteiger partial charge in [0.25, 0.3) is 5.69 Å². The van der Waals surface area contributed by atoms with Crippen LogP contribution in [0.25, 0.3) is 0 Å². The number of benzene rings is 1. The van der Waals surface area contributed by atoms with Gasteiger partial charge in [0.1, 0.15) is 5.69 Å². The van der Waals surface area contributed by atoms with Crippen LogP contribution in [0, 0.1) is 17.0 Å². The average molecular weight is 539 g/mol. The molecule has 1 heterocycles. The van der Waals surface area contributed by atoms with Crippen LogP contribution in [0.1, 0.15) is 22.8 Å². The van der Waals surface area contributed by atoms with Gasteiger partial charge >= 0.3 is 0 Å². The molecule has 0 saturated carbocycles. The highest BCUT2D eigenvalue weighted by Gasteiger charge is 2.25. The van der Waals surface area contributed by atoms with Crippen LogP contribution >= 0.6 is 0 Å². The molecule has 5 N–H and O–H groups in total. The predicted octanol–water partition coefficient (Wildman–Crippen LogP) is 2.52. The Morgan fingerprint density at radius 2 is 1.76 bits per heavy atom. The van der Waals surface area contributed by atoms with Crippen molar-refractivity contribution in [2.24, 2.45) is 10.2 Å². The molecular weight excluding hydrogens is 508 g/mol. The number of hydrogen-bond acceptors (Lipinski definition) is 13. The number of nitrogens with one attached hydrogen (secondary N) is 3. The third kappa shape index (κ3) is 7.39. The number of nitro groups is 1. The Labute approximate surface area is 214 Å². The summed E-state index contributed by atoms with van der Waals surface area (Å²) >= 11 is 0. The van der Waals surface area contributed by atoms with Crippen LogP contribution in [0.3, 0.4) is 0 Å². The van der Waals surface area contributed by atoms with Crippen LogP contribution in [-0.4, -0.2) is 71.7 Å². The summed E-state index contributed by atoms with van der Waals surface area (Å²) in [6, 6.07) is 1.76. The van der Waals surface area contributed by atoms with E-state index in [4.69, 9.17) is 15.2 Å². The maximum absolute atomic E-state index is 12.6. The topological polar surface area (TPSA) is 213 Å². The second-order valence-electron chi connectivity index (χ2n) is 7.49. The van der Waals surface area contributed by atoms with Crippen molar-refractivity contribution >= 4 is 50.7 Å². The Bertz CT molecular complexity index is 1270. The van der Waals surface area contributed by atoms with E-state index in [1.807, 2.05) is 0 Å². The molecule has 0 bridgehead atoms. The van der Waals surface area contributed by atoms with Gasteiger partial charge in [0.2, 0.25) is 10.0 Å². The smallest absolute Gasteiger partial charge is 0.297 e. The normalized spacial score (nSPS) is 11.6. The van der Waals surface area contributed by atoms with E-state index in [9.17, 15) is 23.3 Å². The Hall–Kier alpha value is -3.73. The summed E-state index contributed by atoms with van der Waals surface area (Å²) in [4.78, 5) is 26.4. The van der Waals surface area contributed by atoms with Crippen molar-refractivity contribution in [3.8, 4) is 0 Å². The van der Waals surface area contributed by atoms with Gasteiger partial charge in [-0.2, -0.15) is 0 Å². The van der Waals surface area contributed by atoms with E-state index < -0.39 is 25.5 Å². The molecule has 202 valence electrons. The van der Waals surface area contributed by atoms with Crippen molar-refractivity contribution in [3.63, 3.8) is 0 Å². The molecule has 0 aliphatic carbocycles. The number of pyridine rings is 1. The lowest BCUT2D eigenvalue weighted by atomic mass is 10.2. The number of ether oxygens (including phenoxy) is 2. The first kappa shape index (κ1) is 29.5. The number of carbonyl (C=O) groups excluding carboxylic acids is 1. The quantitative estimate of drug-likeness (QED) is 0.0850. The van der Waals surface area contributed by atoms with Gasteiger partial charge in [-0.25, -0.2) is 18.1 Å².